The smallest absolute Gasteiger partial charge is 0.325 e. The van der Waals surface area contributed by atoms with Gasteiger partial charge in [0.25, 0.3) is 5.91 Å². The molecule has 0 saturated carbocycles. The second-order valence-electron chi connectivity index (χ2n) is 5.99. The summed E-state index contributed by atoms with van der Waals surface area (Å²) in [7, 11) is 1.47. The molecule has 0 aromatic heterocycles. The summed E-state index contributed by atoms with van der Waals surface area (Å²) in [6, 6.07) is 1.46. The summed E-state index contributed by atoms with van der Waals surface area (Å²) in [4.78, 5) is 37.3. The predicted molar refractivity (Wildman–Crippen MR) is 83.4 cm³/mol. The average Bonchev–Trinajstić information content (AvgIpc) is 2.74. The molecule has 4 amide bonds. The maximum atomic E-state index is 14.0. The molecule has 2 rings (SSSR count). The zero-order chi connectivity index (χ0) is 18.8. The van der Waals surface area contributed by atoms with Crippen LogP contribution in [0.1, 0.15) is 19.4 Å². The van der Waals surface area contributed by atoms with Gasteiger partial charge in [-0.2, -0.15) is 0 Å². The van der Waals surface area contributed by atoms with Gasteiger partial charge in [-0.1, -0.05) is 0 Å². The van der Waals surface area contributed by atoms with Crippen LogP contribution in [0.2, 0.25) is 0 Å². The fourth-order valence-corrected chi connectivity index (χ4v) is 2.66. The highest BCUT2D eigenvalue weighted by Crippen LogP contribution is 2.31. The molecular weight excluding hydrogens is 336 g/mol. The number of urea groups is 1. The standard InChI is InChI=1S/C16H19F2N3O4/c1-9(8-25-3)19-13(22)7-21-14(23)16(2,20-15(21)24)11-6-10(17)4-5-12(11)18/h4-6,9H,7-8H2,1-3H3,(H,19,22)(H,20,24)/t9-,16+/m1/s1. The van der Waals surface area contributed by atoms with Gasteiger partial charge in [0.15, 0.2) is 0 Å². The Hall–Kier alpha value is -2.55. The molecule has 0 bridgehead atoms. The highest BCUT2D eigenvalue weighted by molar-refractivity contribution is 6.09. The number of hydrogen-bond acceptors (Lipinski definition) is 4. The SMILES string of the molecule is COC[C@@H](C)NC(=O)CN1C(=O)N[C@@](C)(c2cc(F)ccc2F)C1=O. The van der Waals surface area contributed by atoms with Crippen molar-refractivity contribution < 1.29 is 27.9 Å². The third-order valence-electron chi connectivity index (χ3n) is 3.87. The van der Waals surface area contributed by atoms with E-state index >= 15 is 0 Å². The first-order valence-electron chi connectivity index (χ1n) is 7.57. The van der Waals surface area contributed by atoms with Crippen molar-refractivity contribution in [3.8, 4) is 0 Å². The molecule has 1 aliphatic rings. The normalized spacial score (nSPS) is 21.2. The molecule has 25 heavy (non-hydrogen) atoms. The van der Waals surface area contributed by atoms with Gasteiger partial charge in [0, 0.05) is 18.7 Å². The Balaban J connectivity index is 2.19. The van der Waals surface area contributed by atoms with Crippen LogP contribution in [-0.4, -0.2) is 49.0 Å². The summed E-state index contributed by atoms with van der Waals surface area (Å²) >= 11 is 0. The van der Waals surface area contributed by atoms with Crippen LogP contribution in [0.3, 0.4) is 0 Å². The molecule has 9 heteroatoms. The fraction of sp³-hybridized carbons (Fsp3) is 0.438. The molecule has 1 aromatic rings. The number of ether oxygens (including phenoxy) is 1. The van der Waals surface area contributed by atoms with E-state index in [0.29, 0.717) is 4.90 Å². The van der Waals surface area contributed by atoms with Crippen molar-refractivity contribution in [1.82, 2.24) is 15.5 Å². The minimum Gasteiger partial charge on any atom is -0.383 e. The number of imide groups is 1. The van der Waals surface area contributed by atoms with Gasteiger partial charge in [-0.25, -0.2) is 13.6 Å². The first-order valence-corrected chi connectivity index (χ1v) is 7.57. The van der Waals surface area contributed by atoms with E-state index in [4.69, 9.17) is 4.74 Å². The van der Waals surface area contributed by atoms with Crippen LogP contribution < -0.4 is 10.6 Å². The summed E-state index contributed by atoms with van der Waals surface area (Å²) in [5.41, 5.74) is -2.09. The van der Waals surface area contributed by atoms with Gasteiger partial charge in [-0.3, -0.25) is 14.5 Å². The zero-order valence-electron chi connectivity index (χ0n) is 14.1. The molecule has 0 aliphatic carbocycles. The summed E-state index contributed by atoms with van der Waals surface area (Å²) in [6.07, 6.45) is 0. The van der Waals surface area contributed by atoms with E-state index in [1.54, 1.807) is 6.92 Å². The Labute approximate surface area is 143 Å². The Kier molecular flexibility index (Phi) is 5.36. The van der Waals surface area contributed by atoms with Crippen LogP contribution in [0.4, 0.5) is 13.6 Å². The molecule has 1 fully saturated rings. The van der Waals surface area contributed by atoms with Gasteiger partial charge in [0.2, 0.25) is 5.91 Å². The van der Waals surface area contributed by atoms with E-state index in [2.05, 4.69) is 10.6 Å². The van der Waals surface area contributed by atoms with E-state index in [9.17, 15) is 23.2 Å². The maximum absolute atomic E-state index is 14.0. The molecule has 0 spiro atoms. The number of amides is 4. The van der Waals surface area contributed by atoms with Crippen LogP contribution in [-0.2, 0) is 19.9 Å². The molecule has 2 atom stereocenters. The Morgan fingerprint density at radius 2 is 2.08 bits per heavy atom. The topological polar surface area (TPSA) is 87.7 Å². The number of hydrogen-bond donors (Lipinski definition) is 2. The van der Waals surface area contributed by atoms with Crippen LogP contribution in [0.25, 0.3) is 0 Å². The fourth-order valence-electron chi connectivity index (χ4n) is 2.66. The molecule has 1 aromatic carbocycles. The predicted octanol–water partition coefficient (Wildman–Crippen LogP) is 0.883. The van der Waals surface area contributed by atoms with Crippen molar-refractivity contribution in [2.75, 3.05) is 20.3 Å². The first-order chi connectivity index (χ1) is 11.7. The highest BCUT2D eigenvalue weighted by atomic mass is 19.1. The van der Waals surface area contributed by atoms with Crippen molar-refractivity contribution in [3.05, 3.63) is 35.4 Å². The monoisotopic (exact) mass is 355 g/mol. The Morgan fingerprint density at radius 1 is 1.40 bits per heavy atom. The lowest BCUT2D eigenvalue weighted by molar-refractivity contribution is -0.135. The van der Waals surface area contributed by atoms with Gasteiger partial charge in [-0.15, -0.1) is 0 Å². The molecular formula is C16H19F2N3O4. The van der Waals surface area contributed by atoms with Gasteiger partial charge in [0.05, 0.1) is 6.61 Å². The molecule has 136 valence electrons. The van der Waals surface area contributed by atoms with Gasteiger partial charge in [0.1, 0.15) is 23.7 Å². The number of nitrogens with one attached hydrogen (secondary N) is 2. The van der Waals surface area contributed by atoms with Crippen molar-refractivity contribution >= 4 is 17.8 Å². The van der Waals surface area contributed by atoms with Crippen LogP contribution in [0.5, 0.6) is 0 Å². The van der Waals surface area contributed by atoms with Crippen molar-refractivity contribution in [1.29, 1.82) is 0 Å². The highest BCUT2D eigenvalue weighted by Gasteiger charge is 2.50. The second-order valence-corrected chi connectivity index (χ2v) is 5.99. The molecule has 2 N–H and O–H groups in total. The van der Waals surface area contributed by atoms with Crippen molar-refractivity contribution in [3.63, 3.8) is 0 Å². The molecule has 1 aliphatic heterocycles. The van der Waals surface area contributed by atoms with E-state index in [0.717, 1.165) is 18.2 Å². The van der Waals surface area contributed by atoms with Gasteiger partial charge in [-0.05, 0) is 32.0 Å². The number of halogens is 2. The van der Waals surface area contributed by atoms with Crippen molar-refractivity contribution in [2.24, 2.45) is 0 Å². The Morgan fingerprint density at radius 3 is 2.72 bits per heavy atom. The second kappa shape index (κ2) is 7.14. The van der Waals surface area contributed by atoms with Crippen molar-refractivity contribution in [2.45, 2.75) is 25.4 Å². The van der Waals surface area contributed by atoms with E-state index < -0.39 is 41.6 Å². The first kappa shape index (κ1) is 18.8. The minimum absolute atomic E-state index is 0.262. The third kappa shape index (κ3) is 3.76. The summed E-state index contributed by atoms with van der Waals surface area (Å²) < 4.78 is 32.3. The molecule has 1 saturated heterocycles. The van der Waals surface area contributed by atoms with Crippen LogP contribution in [0.15, 0.2) is 18.2 Å². The number of benzene rings is 1. The molecule has 0 unspecified atom stereocenters. The lowest BCUT2D eigenvalue weighted by atomic mass is 9.91. The number of rotatable bonds is 6. The number of methoxy groups -OCH3 is 1. The maximum Gasteiger partial charge on any atom is 0.325 e. The average molecular weight is 355 g/mol. The number of carbonyl (C=O) groups is 3. The number of nitrogens with zero attached hydrogens (tertiary/aromatic N) is 1. The zero-order valence-corrected chi connectivity index (χ0v) is 14.1. The van der Waals surface area contributed by atoms with Gasteiger partial charge < -0.3 is 15.4 Å². The quantitative estimate of drug-likeness (QED) is 0.742. The van der Waals surface area contributed by atoms with Gasteiger partial charge >= 0.3 is 6.03 Å². The lowest BCUT2D eigenvalue weighted by Crippen LogP contribution is -2.46. The van der Waals surface area contributed by atoms with E-state index in [1.165, 1.54) is 14.0 Å². The van der Waals surface area contributed by atoms with E-state index in [-0.39, 0.29) is 18.2 Å². The number of carbonyl (C=O) groups excluding carboxylic acids is 3. The van der Waals surface area contributed by atoms with E-state index in [1.807, 2.05) is 0 Å². The molecule has 1 heterocycles. The third-order valence-corrected chi connectivity index (χ3v) is 3.87. The Bertz CT molecular complexity index is 713. The minimum atomic E-state index is -1.79. The molecule has 0 radical (unpaired) electrons. The summed E-state index contributed by atoms with van der Waals surface area (Å²) in [6.45, 7) is 2.68. The summed E-state index contributed by atoms with van der Waals surface area (Å²) in [5.74, 6) is -2.99. The summed E-state index contributed by atoms with van der Waals surface area (Å²) in [5, 5.41) is 4.89. The van der Waals surface area contributed by atoms with Crippen LogP contribution in [0, 0.1) is 11.6 Å². The van der Waals surface area contributed by atoms with Crippen LogP contribution >= 0.6 is 0 Å². The molecule has 7 nitrogen and oxygen atoms in total. The largest absolute Gasteiger partial charge is 0.383 e. The lowest BCUT2D eigenvalue weighted by Gasteiger charge is -2.23.